The van der Waals surface area contributed by atoms with E-state index in [0.29, 0.717) is 41.2 Å². The van der Waals surface area contributed by atoms with Crippen LogP contribution in [0.4, 0.5) is 5.13 Å². The van der Waals surface area contributed by atoms with Crippen molar-refractivity contribution in [2.45, 2.75) is 25.5 Å². The van der Waals surface area contributed by atoms with Gasteiger partial charge in [-0.3, -0.25) is 9.69 Å². The van der Waals surface area contributed by atoms with Crippen LogP contribution >= 0.6 is 11.3 Å². The van der Waals surface area contributed by atoms with Crippen LogP contribution in [0.15, 0.2) is 35.0 Å². The molecule has 0 aromatic carbocycles. The normalized spacial score (nSPS) is 19.6. The number of nitrogens with one attached hydrogen (secondary N) is 1. The highest BCUT2D eigenvalue weighted by molar-refractivity contribution is 7.18. The van der Waals surface area contributed by atoms with E-state index >= 15 is 0 Å². The Morgan fingerprint density at radius 1 is 1.39 bits per heavy atom. The topological polar surface area (TPSA) is 87.8 Å². The number of ketones is 1. The van der Waals surface area contributed by atoms with Crippen molar-refractivity contribution in [3.63, 3.8) is 0 Å². The minimum atomic E-state index is -0.756. The van der Waals surface area contributed by atoms with Gasteiger partial charge in [-0.2, -0.15) is 0 Å². The first kappa shape index (κ1) is 19.3. The lowest BCUT2D eigenvalue weighted by atomic mass is 9.94. The zero-order chi connectivity index (χ0) is 19.3. The molecule has 0 spiro atoms. The summed E-state index contributed by atoms with van der Waals surface area (Å²) in [6, 6.07) is 3.58. The van der Waals surface area contributed by atoms with Crippen molar-refractivity contribution < 1.29 is 19.1 Å². The van der Waals surface area contributed by atoms with Gasteiger partial charge in [-0.25, -0.2) is 4.98 Å². The lowest BCUT2D eigenvalue weighted by Gasteiger charge is -2.25. The number of rotatable bonds is 7. The molecule has 0 aliphatic carbocycles. The number of aliphatic hydroxyl groups excluding tert-OH is 1. The summed E-state index contributed by atoms with van der Waals surface area (Å²) in [7, 11) is 0. The van der Waals surface area contributed by atoms with E-state index in [2.05, 4.69) is 27.4 Å². The fourth-order valence-electron chi connectivity index (χ4n) is 3.56. The minimum Gasteiger partial charge on any atom is -0.463 e. The third-order valence-corrected chi connectivity index (χ3v) is 6.06. The molecule has 0 amide bonds. The lowest BCUT2D eigenvalue weighted by molar-refractivity contribution is 0.0547. The summed E-state index contributed by atoms with van der Waals surface area (Å²) in [5.41, 5.74) is 0.544. The van der Waals surface area contributed by atoms with Gasteiger partial charge in [0.05, 0.1) is 6.26 Å². The van der Waals surface area contributed by atoms with Crippen LogP contribution in [0.2, 0.25) is 0 Å². The maximum atomic E-state index is 13.1. The zero-order valence-electron chi connectivity index (χ0n) is 15.7. The van der Waals surface area contributed by atoms with Crippen LogP contribution < -0.4 is 5.32 Å². The van der Waals surface area contributed by atoms with E-state index in [4.69, 9.17) is 9.15 Å². The number of ether oxygens (including phenoxy) is 1. The van der Waals surface area contributed by atoms with E-state index in [1.165, 1.54) is 11.3 Å². The highest BCUT2D eigenvalue weighted by atomic mass is 32.1. The summed E-state index contributed by atoms with van der Waals surface area (Å²) in [6.07, 6.45) is 7.53. The fraction of sp³-hybridized carbons (Fsp3) is 0.500. The number of nitrogens with zero attached hydrogens (tertiary/aromatic N) is 2. The number of hydrogen-bond donors (Lipinski definition) is 2. The van der Waals surface area contributed by atoms with Crippen molar-refractivity contribution in [3.05, 3.63) is 35.4 Å². The first-order valence-corrected chi connectivity index (χ1v) is 10.5. The maximum Gasteiger partial charge on any atom is 0.186 e. The SMILES string of the molecule is O=C(c1sc(NC(O)CN2CC=CCC2)nc1-c1ccco1)C1CCOCC1. The molecule has 0 saturated carbocycles. The number of furan rings is 1. The standard InChI is InChI=1S/C20H25N3O4S/c24-16(13-23-8-2-1-3-9-23)21-20-22-17(15-5-4-10-27-15)19(28-20)18(25)14-6-11-26-12-7-14/h1-2,4-5,10,14,16,24H,3,6-9,11-13H2,(H,21,22). The smallest absolute Gasteiger partial charge is 0.186 e. The van der Waals surface area contributed by atoms with E-state index in [9.17, 15) is 9.90 Å². The van der Waals surface area contributed by atoms with Crippen LogP contribution in [0.1, 0.15) is 28.9 Å². The predicted octanol–water partition coefficient (Wildman–Crippen LogP) is 3.00. The lowest BCUT2D eigenvalue weighted by Crippen LogP contribution is -2.38. The average molecular weight is 404 g/mol. The second-order valence-corrected chi connectivity index (χ2v) is 8.10. The number of aliphatic hydroxyl groups is 1. The Morgan fingerprint density at radius 2 is 2.25 bits per heavy atom. The van der Waals surface area contributed by atoms with Gasteiger partial charge in [0, 0.05) is 38.8 Å². The van der Waals surface area contributed by atoms with Crippen LogP contribution in [0.25, 0.3) is 11.5 Å². The van der Waals surface area contributed by atoms with Crippen LogP contribution in [0.5, 0.6) is 0 Å². The molecule has 0 radical (unpaired) electrons. The number of carbonyl (C=O) groups excluding carboxylic acids is 1. The average Bonchev–Trinajstić information content (AvgIpc) is 3.38. The molecule has 2 aliphatic heterocycles. The molecular formula is C20H25N3O4S. The monoisotopic (exact) mass is 403 g/mol. The van der Waals surface area contributed by atoms with Crippen LogP contribution in [-0.2, 0) is 4.74 Å². The number of anilines is 1. The molecule has 2 aromatic heterocycles. The number of β-amino-alcohol motifs (C(OH)–C–C–N with tert-alkyl or cyclic N) is 1. The zero-order valence-corrected chi connectivity index (χ0v) is 16.5. The summed E-state index contributed by atoms with van der Waals surface area (Å²) < 4.78 is 10.9. The third kappa shape index (κ3) is 4.52. The van der Waals surface area contributed by atoms with Gasteiger partial charge < -0.3 is 19.6 Å². The van der Waals surface area contributed by atoms with Crippen molar-refractivity contribution in [1.29, 1.82) is 0 Å². The Bertz CT molecular complexity index is 812. The molecule has 7 nitrogen and oxygen atoms in total. The van der Waals surface area contributed by atoms with Crippen LogP contribution in [-0.4, -0.2) is 59.8 Å². The summed E-state index contributed by atoms with van der Waals surface area (Å²) in [6.45, 7) is 3.49. The van der Waals surface area contributed by atoms with Gasteiger partial charge in [0.15, 0.2) is 16.7 Å². The van der Waals surface area contributed by atoms with Gasteiger partial charge in [0.1, 0.15) is 16.8 Å². The Hall–Kier alpha value is -2.00. The van der Waals surface area contributed by atoms with Crippen molar-refractivity contribution in [2.75, 3.05) is 38.2 Å². The summed E-state index contributed by atoms with van der Waals surface area (Å²) in [5.74, 6) is 0.590. The minimum absolute atomic E-state index is 0.0548. The molecule has 1 fully saturated rings. The van der Waals surface area contributed by atoms with E-state index < -0.39 is 6.23 Å². The molecule has 4 heterocycles. The number of Topliss-reactive ketones (excluding diaryl/α,β-unsaturated/α-hetero) is 1. The van der Waals surface area contributed by atoms with Gasteiger partial charge in [-0.1, -0.05) is 23.5 Å². The van der Waals surface area contributed by atoms with E-state index in [-0.39, 0.29) is 11.7 Å². The summed E-state index contributed by atoms with van der Waals surface area (Å²) in [5, 5.41) is 14.0. The molecule has 1 saturated heterocycles. The van der Waals surface area contributed by atoms with E-state index in [0.717, 1.165) is 32.4 Å². The van der Waals surface area contributed by atoms with Gasteiger partial charge in [0.2, 0.25) is 0 Å². The summed E-state index contributed by atoms with van der Waals surface area (Å²) >= 11 is 1.28. The Morgan fingerprint density at radius 3 is 2.96 bits per heavy atom. The first-order chi connectivity index (χ1) is 13.7. The quantitative estimate of drug-likeness (QED) is 0.417. The highest BCUT2D eigenvalue weighted by Gasteiger charge is 2.29. The Balaban J connectivity index is 1.51. The van der Waals surface area contributed by atoms with E-state index in [1.54, 1.807) is 18.4 Å². The molecule has 2 N–H and O–H groups in total. The van der Waals surface area contributed by atoms with Crippen molar-refractivity contribution >= 4 is 22.3 Å². The summed E-state index contributed by atoms with van der Waals surface area (Å²) in [4.78, 5) is 20.4. The van der Waals surface area contributed by atoms with Crippen molar-refractivity contribution in [2.24, 2.45) is 5.92 Å². The van der Waals surface area contributed by atoms with Crippen molar-refractivity contribution in [3.8, 4) is 11.5 Å². The second-order valence-electron chi connectivity index (χ2n) is 7.10. The van der Waals surface area contributed by atoms with E-state index in [1.807, 2.05) is 0 Å². The largest absolute Gasteiger partial charge is 0.463 e. The highest BCUT2D eigenvalue weighted by Crippen LogP contribution is 2.35. The molecular weight excluding hydrogens is 378 g/mol. The first-order valence-electron chi connectivity index (χ1n) is 9.69. The molecule has 28 heavy (non-hydrogen) atoms. The third-order valence-electron chi connectivity index (χ3n) is 5.06. The molecule has 1 unspecified atom stereocenters. The molecule has 0 bridgehead atoms. The van der Waals surface area contributed by atoms with Gasteiger partial charge in [0.25, 0.3) is 0 Å². The molecule has 1 atom stereocenters. The van der Waals surface area contributed by atoms with Crippen molar-refractivity contribution in [1.82, 2.24) is 9.88 Å². The molecule has 150 valence electrons. The van der Waals surface area contributed by atoms with Gasteiger partial charge in [-0.05, 0) is 31.4 Å². The molecule has 2 aliphatic rings. The maximum absolute atomic E-state index is 13.1. The Labute approximate surface area is 168 Å². The number of carbonyl (C=O) groups is 1. The molecule has 2 aromatic rings. The van der Waals surface area contributed by atoms with Gasteiger partial charge >= 0.3 is 0 Å². The predicted molar refractivity (Wildman–Crippen MR) is 108 cm³/mol. The second kappa shape index (κ2) is 9.00. The van der Waals surface area contributed by atoms with Gasteiger partial charge in [-0.15, -0.1) is 0 Å². The molecule has 8 heteroatoms. The molecule has 4 rings (SSSR count). The van der Waals surface area contributed by atoms with Crippen LogP contribution in [0, 0.1) is 5.92 Å². The number of hydrogen-bond acceptors (Lipinski definition) is 8. The number of thiazole rings is 1. The fourth-order valence-corrected chi connectivity index (χ4v) is 4.60. The number of aromatic nitrogens is 1. The Kier molecular flexibility index (Phi) is 6.21. The van der Waals surface area contributed by atoms with Crippen LogP contribution in [0.3, 0.4) is 0 Å².